The SMILES string of the molecule is CNC(=O)c1c(-c2ccc(F)cc2)oc2cc(N(C)S(C)(=O)=O)c(-c3ccc4nnn([C@@H](C)c5ccc(C)cc5)c(=O)c4c3)cc12. The number of halogens is 1. The quantitative estimate of drug-likeness (QED) is 0.238. The van der Waals surface area contributed by atoms with Crippen LogP contribution in [-0.2, 0) is 10.0 Å². The molecule has 12 heteroatoms. The maximum atomic E-state index is 13.8. The van der Waals surface area contributed by atoms with E-state index in [1.807, 2.05) is 38.1 Å². The van der Waals surface area contributed by atoms with Crippen LogP contribution in [0.5, 0.6) is 0 Å². The van der Waals surface area contributed by atoms with Gasteiger partial charge in [-0.1, -0.05) is 41.1 Å². The van der Waals surface area contributed by atoms with E-state index in [1.165, 1.54) is 49.1 Å². The largest absolute Gasteiger partial charge is 0.455 e. The van der Waals surface area contributed by atoms with Crippen molar-refractivity contribution in [1.29, 1.82) is 0 Å². The molecule has 0 aliphatic carbocycles. The van der Waals surface area contributed by atoms with Crippen LogP contribution in [0.15, 0.2) is 88.1 Å². The minimum Gasteiger partial charge on any atom is -0.455 e. The van der Waals surface area contributed by atoms with E-state index >= 15 is 0 Å². The standard InChI is InChI=1S/C34H30FN5O5S/c1-19-6-8-21(9-7-19)20(2)40-34(42)26-16-23(12-15-28(26)37-38-40)25-17-27-30(18-29(25)39(4)46(5,43)44)45-32(31(27)33(41)36-3)22-10-13-24(35)14-11-22/h6-18,20H,1-5H3,(H,36,41)/t20-/m0/s1. The van der Waals surface area contributed by atoms with Crippen LogP contribution in [0.25, 0.3) is 44.3 Å². The van der Waals surface area contributed by atoms with Crippen molar-refractivity contribution in [3.63, 3.8) is 0 Å². The van der Waals surface area contributed by atoms with Gasteiger partial charge in [-0.3, -0.25) is 13.9 Å². The van der Waals surface area contributed by atoms with E-state index < -0.39 is 27.8 Å². The third-order valence-electron chi connectivity index (χ3n) is 8.13. The first-order chi connectivity index (χ1) is 21.9. The molecule has 0 fully saturated rings. The van der Waals surface area contributed by atoms with Gasteiger partial charge in [0.25, 0.3) is 11.5 Å². The van der Waals surface area contributed by atoms with Gasteiger partial charge in [-0.15, -0.1) is 5.10 Å². The van der Waals surface area contributed by atoms with Gasteiger partial charge in [-0.2, -0.15) is 0 Å². The van der Waals surface area contributed by atoms with Crippen LogP contribution in [0, 0.1) is 12.7 Å². The minimum absolute atomic E-state index is 0.194. The highest BCUT2D eigenvalue weighted by molar-refractivity contribution is 7.92. The second-order valence-corrected chi connectivity index (χ2v) is 13.2. The highest BCUT2D eigenvalue weighted by Crippen LogP contribution is 2.41. The molecule has 0 radical (unpaired) electrons. The Morgan fingerprint density at radius 2 is 1.65 bits per heavy atom. The average molecular weight is 640 g/mol. The predicted octanol–water partition coefficient (Wildman–Crippen LogP) is 5.68. The molecular formula is C34H30FN5O5S. The number of benzene rings is 4. The lowest BCUT2D eigenvalue weighted by atomic mass is 9.97. The number of hydrogen-bond acceptors (Lipinski definition) is 7. The highest BCUT2D eigenvalue weighted by atomic mass is 32.2. The number of amides is 1. The first-order valence-corrected chi connectivity index (χ1v) is 16.2. The molecule has 0 spiro atoms. The lowest BCUT2D eigenvalue weighted by molar-refractivity contribution is 0.0964. The van der Waals surface area contributed by atoms with Crippen molar-refractivity contribution in [2.75, 3.05) is 24.7 Å². The van der Waals surface area contributed by atoms with Crippen LogP contribution in [0.3, 0.4) is 0 Å². The van der Waals surface area contributed by atoms with Gasteiger partial charge in [0.05, 0.1) is 28.9 Å². The van der Waals surface area contributed by atoms with E-state index in [4.69, 9.17) is 4.42 Å². The summed E-state index contributed by atoms with van der Waals surface area (Å²) in [5.41, 5.74) is 4.06. The molecule has 0 aliphatic heterocycles. The summed E-state index contributed by atoms with van der Waals surface area (Å²) in [6.45, 7) is 3.84. The molecule has 2 aromatic heterocycles. The Balaban J connectivity index is 1.60. The summed E-state index contributed by atoms with van der Waals surface area (Å²) in [5.74, 6) is -0.703. The van der Waals surface area contributed by atoms with Gasteiger partial charge < -0.3 is 9.73 Å². The van der Waals surface area contributed by atoms with Gasteiger partial charge in [-0.25, -0.2) is 17.5 Å². The zero-order valence-electron chi connectivity index (χ0n) is 25.7. The van der Waals surface area contributed by atoms with Crippen molar-refractivity contribution in [1.82, 2.24) is 20.3 Å². The van der Waals surface area contributed by atoms with Gasteiger partial charge in [0.1, 0.15) is 22.7 Å². The Bertz CT molecular complexity index is 2310. The number of aromatic nitrogens is 3. The van der Waals surface area contributed by atoms with E-state index in [2.05, 4.69) is 15.6 Å². The summed E-state index contributed by atoms with van der Waals surface area (Å²) in [7, 11) is -0.866. The normalized spacial score (nSPS) is 12.4. The van der Waals surface area contributed by atoms with Crippen LogP contribution >= 0.6 is 0 Å². The number of hydrogen-bond donors (Lipinski definition) is 1. The lowest BCUT2D eigenvalue weighted by Crippen LogP contribution is -2.28. The molecule has 1 N–H and O–H groups in total. The summed E-state index contributed by atoms with van der Waals surface area (Å²) in [4.78, 5) is 27.0. The number of fused-ring (bicyclic) bond motifs is 2. The molecule has 0 aliphatic rings. The Morgan fingerprint density at radius 1 is 0.978 bits per heavy atom. The van der Waals surface area contributed by atoms with Crippen LogP contribution < -0.4 is 15.2 Å². The zero-order chi connectivity index (χ0) is 32.9. The lowest BCUT2D eigenvalue weighted by Gasteiger charge is -2.21. The number of carbonyl (C=O) groups excluding carboxylic acids is 1. The predicted molar refractivity (Wildman–Crippen MR) is 176 cm³/mol. The highest BCUT2D eigenvalue weighted by Gasteiger charge is 2.26. The van der Waals surface area contributed by atoms with Gasteiger partial charge in [-0.05, 0) is 67.4 Å². The Hall–Kier alpha value is -5.36. The number of rotatable bonds is 7. The molecule has 10 nitrogen and oxygen atoms in total. The number of furan rings is 1. The maximum absolute atomic E-state index is 13.8. The Morgan fingerprint density at radius 3 is 2.30 bits per heavy atom. The first kappa shape index (κ1) is 30.7. The fraction of sp³-hybridized carbons (Fsp3) is 0.176. The molecule has 4 aromatic carbocycles. The van der Waals surface area contributed by atoms with E-state index in [0.717, 1.165) is 21.7 Å². The second-order valence-electron chi connectivity index (χ2n) is 11.1. The van der Waals surface area contributed by atoms with E-state index in [0.29, 0.717) is 27.6 Å². The van der Waals surface area contributed by atoms with Gasteiger partial charge in [0, 0.05) is 36.7 Å². The maximum Gasteiger partial charge on any atom is 0.278 e. The van der Waals surface area contributed by atoms with Gasteiger partial charge in [0.2, 0.25) is 10.0 Å². The molecule has 0 unspecified atom stereocenters. The second kappa shape index (κ2) is 11.5. The van der Waals surface area contributed by atoms with Crippen molar-refractivity contribution in [2.45, 2.75) is 19.9 Å². The van der Waals surface area contributed by atoms with E-state index in [-0.39, 0.29) is 33.5 Å². The minimum atomic E-state index is -3.76. The molecule has 2 heterocycles. The number of carbonyl (C=O) groups is 1. The molecule has 0 saturated heterocycles. The van der Waals surface area contributed by atoms with Gasteiger partial charge in [0.15, 0.2) is 0 Å². The molecule has 1 amide bonds. The van der Waals surface area contributed by atoms with Crippen LogP contribution in [0.2, 0.25) is 0 Å². The van der Waals surface area contributed by atoms with Crippen LogP contribution in [-0.4, -0.2) is 49.7 Å². The summed E-state index contributed by atoms with van der Waals surface area (Å²) in [5, 5.41) is 11.8. The number of anilines is 1. The third kappa shape index (κ3) is 5.40. The summed E-state index contributed by atoms with van der Waals surface area (Å²) in [6.07, 6.45) is 1.07. The van der Waals surface area contributed by atoms with Crippen LogP contribution in [0.1, 0.15) is 34.5 Å². The number of nitrogens with one attached hydrogen (secondary N) is 1. The number of nitrogens with zero attached hydrogens (tertiary/aromatic N) is 4. The first-order valence-electron chi connectivity index (χ1n) is 14.4. The van der Waals surface area contributed by atoms with Crippen molar-refractivity contribution >= 4 is 43.5 Å². The van der Waals surface area contributed by atoms with E-state index in [1.54, 1.807) is 24.3 Å². The van der Waals surface area contributed by atoms with Crippen molar-refractivity contribution < 1.29 is 22.0 Å². The Labute approximate surface area is 264 Å². The van der Waals surface area contributed by atoms with Crippen molar-refractivity contribution in [2.24, 2.45) is 0 Å². The molecule has 46 heavy (non-hydrogen) atoms. The van der Waals surface area contributed by atoms with E-state index in [9.17, 15) is 22.4 Å². The molecule has 6 aromatic rings. The van der Waals surface area contributed by atoms with Crippen molar-refractivity contribution in [3.8, 4) is 22.5 Å². The molecular weight excluding hydrogens is 609 g/mol. The average Bonchev–Trinajstić information content (AvgIpc) is 3.42. The zero-order valence-corrected chi connectivity index (χ0v) is 26.5. The molecule has 0 bridgehead atoms. The number of aryl methyl sites for hydroxylation is 1. The Kier molecular flexibility index (Phi) is 7.69. The van der Waals surface area contributed by atoms with Crippen molar-refractivity contribution in [3.05, 3.63) is 112 Å². The molecule has 0 saturated carbocycles. The number of sulfonamides is 1. The third-order valence-corrected chi connectivity index (χ3v) is 9.32. The molecule has 1 atom stereocenters. The van der Waals surface area contributed by atoms with Gasteiger partial charge >= 0.3 is 0 Å². The summed E-state index contributed by atoms with van der Waals surface area (Å²) < 4.78 is 47.9. The van der Waals surface area contributed by atoms with Crippen LogP contribution in [0.4, 0.5) is 10.1 Å². The smallest absolute Gasteiger partial charge is 0.278 e. The fourth-order valence-electron chi connectivity index (χ4n) is 5.42. The molecule has 6 rings (SSSR count). The monoisotopic (exact) mass is 639 g/mol. The molecule has 234 valence electrons. The fourth-order valence-corrected chi connectivity index (χ4v) is 5.93. The topological polar surface area (TPSA) is 127 Å². The summed E-state index contributed by atoms with van der Waals surface area (Å²) >= 11 is 0. The summed E-state index contributed by atoms with van der Waals surface area (Å²) in [6, 6.07) is 21.1.